The number of halogens is 1. The van der Waals surface area contributed by atoms with E-state index in [2.05, 4.69) is 0 Å². The number of hydrogen-bond donors (Lipinski definition) is 0. The monoisotopic (exact) mass is 688 g/mol. The molecular formula is C31H33ClN4O10S. The summed E-state index contributed by atoms with van der Waals surface area (Å²) >= 11 is 6.47. The van der Waals surface area contributed by atoms with E-state index >= 15 is 0 Å². The highest BCUT2D eigenvalue weighted by Gasteiger charge is 2.34. The summed E-state index contributed by atoms with van der Waals surface area (Å²) in [6, 6.07) is 16.5. The third-order valence-corrected chi connectivity index (χ3v) is 9.47. The molecule has 0 aromatic heterocycles. The van der Waals surface area contributed by atoms with Crippen LogP contribution in [0.25, 0.3) is 0 Å². The minimum Gasteiger partial charge on any atom is -0.490 e. The number of carbonyl (C=O) groups is 3. The first-order valence-corrected chi connectivity index (χ1v) is 16.2. The van der Waals surface area contributed by atoms with Crippen LogP contribution in [0.1, 0.15) is 22.8 Å². The number of esters is 1. The molecule has 250 valence electrons. The van der Waals surface area contributed by atoms with Gasteiger partial charge in [0.25, 0.3) is 11.6 Å². The number of benzene rings is 3. The second-order valence-electron chi connectivity index (χ2n) is 10.3. The molecule has 1 heterocycles. The van der Waals surface area contributed by atoms with E-state index in [0.29, 0.717) is 17.0 Å². The Morgan fingerprint density at radius 1 is 1.00 bits per heavy atom. The van der Waals surface area contributed by atoms with E-state index in [-0.39, 0.29) is 63.1 Å². The first-order valence-electron chi connectivity index (χ1n) is 14.4. The summed E-state index contributed by atoms with van der Waals surface area (Å²) in [7, 11) is -2.96. The van der Waals surface area contributed by atoms with Crippen LogP contribution in [-0.2, 0) is 35.6 Å². The van der Waals surface area contributed by atoms with Crippen LogP contribution in [0.4, 0.5) is 11.4 Å². The molecule has 4 rings (SSSR count). The Labute approximate surface area is 276 Å². The summed E-state index contributed by atoms with van der Waals surface area (Å²) in [5.74, 6) is -1.08. The summed E-state index contributed by atoms with van der Waals surface area (Å²) in [5.41, 5.74) is 0.675. The Balaban J connectivity index is 1.55. The minimum absolute atomic E-state index is 0.00963. The molecule has 3 aromatic rings. The fourth-order valence-electron chi connectivity index (χ4n) is 4.90. The maximum Gasteiger partial charge on any atom is 0.302 e. The van der Waals surface area contributed by atoms with E-state index in [1.165, 1.54) is 54.2 Å². The van der Waals surface area contributed by atoms with Crippen LogP contribution in [-0.4, -0.2) is 93.4 Å². The number of fused-ring (bicyclic) bond motifs is 1. The molecule has 0 saturated carbocycles. The van der Waals surface area contributed by atoms with Crippen LogP contribution in [0.3, 0.4) is 0 Å². The Morgan fingerprint density at radius 2 is 1.72 bits per heavy atom. The smallest absolute Gasteiger partial charge is 0.302 e. The zero-order valence-corrected chi connectivity index (χ0v) is 27.2. The first kappa shape index (κ1) is 35.3. The molecule has 0 N–H and O–H groups in total. The number of anilines is 1. The number of hydrogen-bond acceptors (Lipinski definition) is 10. The van der Waals surface area contributed by atoms with Gasteiger partial charge < -0.3 is 19.1 Å². The van der Waals surface area contributed by atoms with Crippen molar-refractivity contribution in [1.29, 1.82) is 0 Å². The summed E-state index contributed by atoms with van der Waals surface area (Å²) in [4.78, 5) is 51.5. The van der Waals surface area contributed by atoms with Gasteiger partial charge in [-0.1, -0.05) is 41.9 Å². The third kappa shape index (κ3) is 8.62. The van der Waals surface area contributed by atoms with Crippen molar-refractivity contribution in [3.8, 4) is 5.75 Å². The van der Waals surface area contributed by atoms with Crippen LogP contribution >= 0.6 is 11.6 Å². The molecule has 47 heavy (non-hydrogen) atoms. The number of nitro benzene ring substituents is 1. The van der Waals surface area contributed by atoms with Gasteiger partial charge in [-0.05, 0) is 35.9 Å². The average Bonchev–Trinajstić information content (AvgIpc) is 3.18. The van der Waals surface area contributed by atoms with Crippen molar-refractivity contribution in [3.63, 3.8) is 0 Å². The summed E-state index contributed by atoms with van der Waals surface area (Å²) < 4.78 is 43.7. The van der Waals surface area contributed by atoms with Crippen molar-refractivity contribution in [3.05, 3.63) is 93.0 Å². The number of nitrogens with zero attached hydrogens (tertiary/aromatic N) is 4. The Hall–Kier alpha value is -4.57. The SMILES string of the molecule is COCCN(CCN1Cc2ccccc2N(C(=O)c2ccc(OCCOC(C)=O)cc2Cl)CC1=O)S(=O)(=O)c1ccccc1[N+](=O)[O-]. The number of carbonyl (C=O) groups excluding carboxylic acids is 3. The third-order valence-electron chi connectivity index (χ3n) is 7.21. The van der Waals surface area contributed by atoms with Gasteiger partial charge in [0.15, 0.2) is 4.90 Å². The van der Waals surface area contributed by atoms with Gasteiger partial charge in [0.1, 0.15) is 25.5 Å². The Kier molecular flexibility index (Phi) is 11.9. The first-order chi connectivity index (χ1) is 22.4. The lowest BCUT2D eigenvalue weighted by atomic mass is 10.1. The van der Waals surface area contributed by atoms with E-state index < -0.39 is 43.3 Å². The average molecular weight is 689 g/mol. The van der Waals surface area contributed by atoms with Gasteiger partial charge in [0.2, 0.25) is 15.9 Å². The topological polar surface area (TPSA) is 166 Å². The standard InChI is InChI=1S/C31H33ClN4O10S/c1-22(37)45-17-18-46-24-11-12-25(26(32)19-24)31(39)35-21-30(38)33(20-23-7-3-4-8-27(23)35)13-14-34(15-16-44-2)47(42,43)29-10-6-5-9-28(29)36(40)41/h3-12,19H,13-18,20-21H2,1-2H3. The maximum absolute atomic E-state index is 13.8. The lowest BCUT2D eigenvalue weighted by Crippen LogP contribution is -2.44. The van der Waals surface area contributed by atoms with Crippen molar-refractivity contribution in [2.45, 2.75) is 18.4 Å². The van der Waals surface area contributed by atoms with Crippen molar-refractivity contribution in [1.82, 2.24) is 9.21 Å². The van der Waals surface area contributed by atoms with Gasteiger partial charge in [-0.25, -0.2) is 8.42 Å². The normalized spacial score (nSPS) is 13.2. The lowest BCUT2D eigenvalue weighted by molar-refractivity contribution is -0.387. The van der Waals surface area contributed by atoms with Gasteiger partial charge in [-0.2, -0.15) is 4.31 Å². The number of nitro groups is 1. The molecule has 0 radical (unpaired) electrons. The van der Waals surface area contributed by atoms with E-state index in [9.17, 15) is 32.9 Å². The molecule has 1 aliphatic heterocycles. The molecular weight excluding hydrogens is 656 g/mol. The highest BCUT2D eigenvalue weighted by Crippen LogP contribution is 2.31. The highest BCUT2D eigenvalue weighted by molar-refractivity contribution is 7.89. The largest absolute Gasteiger partial charge is 0.490 e. The quantitative estimate of drug-likeness (QED) is 0.106. The number of rotatable bonds is 14. The summed E-state index contributed by atoms with van der Waals surface area (Å²) in [6.07, 6.45) is 0. The lowest BCUT2D eigenvalue weighted by Gasteiger charge is -2.27. The number of sulfonamides is 1. The van der Waals surface area contributed by atoms with Crippen LogP contribution in [0.15, 0.2) is 71.6 Å². The van der Waals surface area contributed by atoms with Crippen LogP contribution in [0.5, 0.6) is 5.75 Å². The number of amides is 2. The van der Waals surface area contributed by atoms with E-state index in [4.69, 9.17) is 25.8 Å². The summed E-state index contributed by atoms with van der Waals surface area (Å²) in [5, 5.41) is 11.7. The Morgan fingerprint density at radius 3 is 2.43 bits per heavy atom. The second-order valence-corrected chi connectivity index (χ2v) is 12.6. The molecule has 0 spiro atoms. The fourth-order valence-corrected chi connectivity index (χ4v) is 6.72. The molecule has 16 heteroatoms. The van der Waals surface area contributed by atoms with Gasteiger partial charge in [0, 0.05) is 52.0 Å². The number of para-hydroxylation sites is 2. The van der Waals surface area contributed by atoms with E-state index in [1.807, 2.05) is 0 Å². The van der Waals surface area contributed by atoms with E-state index in [1.54, 1.807) is 24.3 Å². The molecule has 14 nitrogen and oxygen atoms in total. The highest BCUT2D eigenvalue weighted by atomic mass is 35.5. The number of methoxy groups -OCH3 is 1. The number of ether oxygens (including phenoxy) is 3. The predicted octanol–water partition coefficient (Wildman–Crippen LogP) is 3.52. The maximum atomic E-state index is 13.8. The van der Waals surface area contributed by atoms with Crippen LogP contribution < -0.4 is 9.64 Å². The van der Waals surface area contributed by atoms with Crippen molar-refractivity contribution >= 4 is 50.8 Å². The zero-order valence-electron chi connectivity index (χ0n) is 25.7. The zero-order chi connectivity index (χ0) is 34.1. The van der Waals surface area contributed by atoms with Gasteiger partial charge in [-0.15, -0.1) is 0 Å². The van der Waals surface area contributed by atoms with Crippen molar-refractivity contribution in [2.75, 3.05) is 58.0 Å². The molecule has 0 fully saturated rings. The summed E-state index contributed by atoms with van der Waals surface area (Å²) in [6.45, 7) is 0.757. The molecule has 0 saturated heterocycles. The van der Waals surface area contributed by atoms with Crippen LogP contribution in [0.2, 0.25) is 5.02 Å². The second kappa shape index (κ2) is 15.8. The molecule has 0 unspecified atom stereocenters. The molecule has 3 aromatic carbocycles. The minimum atomic E-state index is -4.35. The fraction of sp³-hybridized carbons (Fsp3) is 0.323. The molecule has 0 atom stereocenters. The molecule has 2 amide bonds. The van der Waals surface area contributed by atoms with Crippen molar-refractivity contribution < 1.29 is 41.9 Å². The molecule has 0 aliphatic carbocycles. The van der Waals surface area contributed by atoms with Gasteiger partial charge >= 0.3 is 5.97 Å². The molecule has 1 aliphatic rings. The van der Waals surface area contributed by atoms with Crippen molar-refractivity contribution in [2.24, 2.45) is 0 Å². The molecule has 0 bridgehead atoms. The Bertz CT molecular complexity index is 1750. The van der Waals surface area contributed by atoms with Gasteiger partial charge in [-0.3, -0.25) is 29.4 Å². The van der Waals surface area contributed by atoms with E-state index in [0.717, 1.165) is 16.4 Å². The predicted molar refractivity (Wildman–Crippen MR) is 171 cm³/mol. The van der Waals surface area contributed by atoms with Crippen LogP contribution in [0, 0.1) is 10.1 Å². The van der Waals surface area contributed by atoms with Gasteiger partial charge in [0.05, 0.1) is 22.1 Å².